The number of rotatable bonds is 6. The van der Waals surface area contributed by atoms with E-state index in [-0.39, 0.29) is 18.9 Å². The molecule has 3 rings (SSSR count). The quantitative estimate of drug-likeness (QED) is 0.846. The molecule has 1 aromatic heterocycles. The van der Waals surface area contributed by atoms with Gasteiger partial charge in [0.05, 0.1) is 31.1 Å². The molecule has 1 aromatic carbocycles. The summed E-state index contributed by atoms with van der Waals surface area (Å²) in [6.07, 6.45) is 3.35. The molecular formula is C16H20N4O4. The lowest BCUT2D eigenvalue weighted by molar-refractivity contribution is 0.174. The number of urea groups is 1. The van der Waals surface area contributed by atoms with Gasteiger partial charge in [0.25, 0.3) is 0 Å². The van der Waals surface area contributed by atoms with Crippen LogP contribution in [0.1, 0.15) is 18.5 Å². The van der Waals surface area contributed by atoms with Gasteiger partial charge in [-0.25, -0.2) is 4.79 Å². The SMILES string of the molecule is COCCn1cc(NC(=O)N[C@H](C)c2ccc3c(c2)OCO3)cn1. The number of fused-ring (bicyclic) bond motifs is 1. The van der Waals surface area contributed by atoms with E-state index >= 15 is 0 Å². The molecule has 0 saturated heterocycles. The molecule has 0 radical (unpaired) electrons. The van der Waals surface area contributed by atoms with Crippen LogP contribution in [0, 0.1) is 0 Å². The first kappa shape index (κ1) is 16.1. The number of carbonyl (C=O) groups excluding carboxylic acids is 1. The van der Waals surface area contributed by atoms with Gasteiger partial charge >= 0.3 is 6.03 Å². The number of nitrogens with zero attached hydrogens (tertiary/aromatic N) is 2. The summed E-state index contributed by atoms with van der Waals surface area (Å²) in [6, 6.07) is 5.14. The predicted octanol–water partition coefficient (Wildman–Crippen LogP) is 2.14. The summed E-state index contributed by atoms with van der Waals surface area (Å²) in [5, 5.41) is 9.79. The molecule has 1 aliphatic rings. The molecule has 24 heavy (non-hydrogen) atoms. The molecule has 0 unspecified atom stereocenters. The molecule has 2 N–H and O–H groups in total. The highest BCUT2D eigenvalue weighted by molar-refractivity contribution is 5.89. The molecule has 0 bridgehead atoms. The predicted molar refractivity (Wildman–Crippen MR) is 87.2 cm³/mol. The Morgan fingerprint density at radius 1 is 1.42 bits per heavy atom. The summed E-state index contributed by atoms with van der Waals surface area (Å²) in [6.45, 7) is 3.33. The van der Waals surface area contributed by atoms with E-state index in [0.717, 1.165) is 11.3 Å². The summed E-state index contributed by atoms with van der Waals surface area (Å²) in [5.74, 6) is 1.42. The summed E-state index contributed by atoms with van der Waals surface area (Å²) < 4.78 is 17.3. The molecular weight excluding hydrogens is 312 g/mol. The van der Waals surface area contributed by atoms with Gasteiger partial charge < -0.3 is 24.8 Å². The van der Waals surface area contributed by atoms with Crippen molar-refractivity contribution < 1.29 is 19.0 Å². The van der Waals surface area contributed by atoms with Crippen molar-refractivity contribution in [1.29, 1.82) is 0 Å². The number of anilines is 1. The van der Waals surface area contributed by atoms with Crippen LogP contribution in [0.2, 0.25) is 0 Å². The lowest BCUT2D eigenvalue weighted by Crippen LogP contribution is -2.31. The number of ether oxygens (including phenoxy) is 3. The van der Waals surface area contributed by atoms with E-state index < -0.39 is 0 Å². The average Bonchev–Trinajstić information content (AvgIpc) is 3.20. The molecule has 2 heterocycles. The highest BCUT2D eigenvalue weighted by Crippen LogP contribution is 2.34. The fraction of sp³-hybridized carbons (Fsp3) is 0.375. The summed E-state index contributed by atoms with van der Waals surface area (Å²) in [4.78, 5) is 12.1. The zero-order valence-electron chi connectivity index (χ0n) is 13.6. The van der Waals surface area contributed by atoms with Crippen LogP contribution < -0.4 is 20.1 Å². The summed E-state index contributed by atoms with van der Waals surface area (Å²) in [7, 11) is 1.63. The van der Waals surface area contributed by atoms with E-state index in [1.54, 1.807) is 24.2 Å². The number of aromatic nitrogens is 2. The van der Waals surface area contributed by atoms with E-state index in [9.17, 15) is 4.79 Å². The topological polar surface area (TPSA) is 86.6 Å². The first-order valence-corrected chi connectivity index (χ1v) is 7.64. The highest BCUT2D eigenvalue weighted by atomic mass is 16.7. The van der Waals surface area contributed by atoms with Crippen LogP contribution >= 0.6 is 0 Å². The Morgan fingerprint density at radius 2 is 2.25 bits per heavy atom. The Kier molecular flexibility index (Phi) is 4.85. The van der Waals surface area contributed by atoms with Crippen molar-refractivity contribution in [2.45, 2.75) is 19.5 Å². The van der Waals surface area contributed by atoms with Crippen molar-refractivity contribution >= 4 is 11.7 Å². The fourth-order valence-electron chi connectivity index (χ4n) is 2.36. The molecule has 0 fully saturated rings. The molecule has 0 saturated carbocycles. The lowest BCUT2D eigenvalue weighted by atomic mass is 10.1. The number of benzene rings is 1. The van der Waals surface area contributed by atoms with Crippen molar-refractivity contribution in [1.82, 2.24) is 15.1 Å². The molecule has 8 heteroatoms. The Balaban J connectivity index is 1.55. The summed E-state index contributed by atoms with van der Waals surface area (Å²) >= 11 is 0. The molecule has 0 aliphatic carbocycles. The second-order valence-corrected chi connectivity index (χ2v) is 5.42. The average molecular weight is 332 g/mol. The van der Waals surface area contributed by atoms with E-state index in [4.69, 9.17) is 14.2 Å². The number of hydrogen-bond donors (Lipinski definition) is 2. The van der Waals surface area contributed by atoms with Crippen LogP contribution in [-0.2, 0) is 11.3 Å². The minimum atomic E-state index is -0.300. The van der Waals surface area contributed by atoms with Gasteiger partial charge in [0.15, 0.2) is 11.5 Å². The minimum absolute atomic E-state index is 0.178. The number of methoxy groups -OCH3 is 1. The standard InChI is InChI=1S/C16H20N4O4/c1-11(12-3-4-14-15(7-12)24-10-23-14)18-16(21)19-13-8-17-20(9-13)5-6-22-2/h3-4,7-9,11H,5-6,10H2,1-2H3,(H2,18,19,21)/t11-/m1/s1. The first-order valence-electron chi connectivity index (χ1n) is 7.64. The number of nitrogens with one attached hydrogen (secondary N) is 2. The van der Waals surface area contributed by atoms with E-state index in [1.165, 1.54) is 0 Å². The number of carbonyl (C=O) groups is 1. The summed E-state index contributed by atoms with van der Waals surface area (Å²) in [5.41, 5.74) is 1.56. The van der Waals surface area contributed by atoms with E-state index in [0.29, 0.717) is 24.6 Å². The Hall–Kier alpha value is -2.74. The number of amides is 2. The van der Waals surface area contributed by atoms with Crippen molar-refractivity contribution in [2.75, 3.05) is 25.8 Å². The monoisotopic (exact) mass is 332 g/mol. The molecule has 0 spiro atoms. The minimum Gasteiger partial charge on any atom is -0.454 e. The molecule has 8 nitrogen and oxygen atoms in total. The molecule has 2 amide bonds. The van der Waals surface area contributed by atoms with Crippen molar-refractivity contribution in [2.24, 2.45) is 0 Å². The second kappa shape index (κ2) is 7.22. The van der Waals surface area contributed by atoms with Crippen molar-refractivity contribution in [3.8, 4) is 11.5 Å². The fourth-order valence-corrected chi connectivity index (χ4v) is 2.36. The second-order valence-electron chi connectivity index (χ2n) is 5.42. The third-order valence-electron chi connectivity index (χ3n) is 3.66. The normalized spacial score (nSPS) is 13.6. The van der Waals surface area contributed by atoms with Gasteiger partial charge in [0.2, 0.25) is 6.79 Å². The highest BCUT2D eigenvalue weighted by Gasteiger charge is 2.17. The molecule has 128 valence electrons. The van der Waals surface area contributed by atoms with Crippen LogP contribution in [0.4, 0.5) is 10.5 Å². The van der Waals surface area contributed by atoms with E-state index in [1.807, 2.05) is 25.1 Å². The zero-order chi connectivity index (χ0) is 16.9. The van der Waals surface area contributed by atoms with Gasteiger partial charge in [-0.1, -0.05) is 6.07 Å². The largest absolute Gasteiger partial charge is 0.454 e. The first-order chi connectivity index (χ1) is 11.7. The maximum absolute atomic E-state index is 12.1. The van der Waals surface area contributed by atoms with Crippen LogP contribution in [0.25, 0.3) is 0 Å². The van der Waals surface area contributed by atoms with Crippen LogP contribution in [0.3, 0.4) is 0 Å². The third kappa shape index (κ3) is 3.77. The smallest absolute Gasteiger partial charge is 0.319 e. The van der Waals surface area contributed by atoms with Crippen molar-refractivity contribution in [3.05, 3.63) is 36.2 Å². The maximum Gasteiger partial charge on any atom is 0.319 e. The maximum atomic E-state index is 12.1. The molecule has 1 aliphatic heterocycles. The number of hydrogen-bond acceptors (Lipinski definition) is 5. The molecule has 1 atom stereocenters. The zero-order valence-corrected chi connectivity index (χ0v) is 13.6. The Labute approximate surface area is 139 Å². The Morgan fingerprint density at radius 3 is 3.08 bits per heavy atom. The van der Waals surface area contributed by atoms with Gasteiger partial charge in [-0.05, 0) is 24.6 Å². The van der Waals surface area contributed by atoms with Gasteiger partial charge in [-0.3, -0.25) is 4.68 Å². The molecule has 2 aromatic rings. The van der Waals surface area contributed by atoms with Crippen LogP contribution in [0.5, 0.6) is 11.5 Å². The lowest BCUT2D eigenvalue weighted by Gasteiger charge is -2.15. The van der Waals surface area contributed by atoms with Gasteiger partial charge in [0, 0.05) is 13.3 Å². The van der Waals surface area contributed by atoms with Gasteiger partial charge in [-0.2, -0.15) is 5.10 Å². The van der Waals surface area contributed by atoms with Crippen molar-refractivity contribution in [3.63, 3.8) is 0 Å². The van der Waals surface area contributed by atoms with Gasteiger partial charge in [-0.15, -0.1) is 0 Å². The van der Waals surface area contributed by atoms with E-state index in [2.05, 4.69) is 15.7 Å². The Bertz CT molecular complexity index is 716. The third-order valence-corrected chi connectivity index (χ3v) is 3.66. The van der Waals surface area contributed by atoms with Crippen LogP contribution in [0.15, 0.2) is 30.6 Å². The van der Waals surface area contributed by atoms with Gasteiger partial charge in [0.1, 0.15) is 0 Å². The van der Waals surface area contributed by atoms with Crippen LogP contribution in [-0.4, -0.2) is 36.3 Å².